The van der Waals surface area contributed by atoms with Gasteiger partial charge in [-0.1, -0.05) is 11.6 Å². The van der Waals surface area contributed by atoms with Gasteiger partial charge in [0.2, 0.25) is 5.95 Å². The van der Waals surface area contributed by atoms with Gasteiger partial charge < -0.3 is 10.1 Å². The van der Waals surface area contributed by atoms with Crippen molar-refractivity contribution in [2.75, 3.05) is 11.9 Å². The first-order chi connectivity index (χ1) is 14.4. The first-order valence-electron chi connectivity index (χ1n) is 9.38. The predicted octanol–water partition coefficient (Wildman–Crippen LogP) is 3.46. The van der Waals surface area contributed by atoms with E-state index >= 15 is 0 Å². The predicted molar refractivity (Wildman–Crippen MR) is 110 cm³/mol. The Morgan fingerprint density at radius 3 is 2.83 bits per heavy atom. The maximum Gasteiger partial charge on any atom is 0.257 e. The van der Waals surface area contributed by atoms with Crippen molar-refractivity contribution in [1.29, 1.82) is 0 Å². The van der Waals surface area contributed by atoms with Crippen LogP contribution in [-0.2, 0) is 6.54 Å². The number of rotatable bonds is 1. The van der Waals surface area contributed by atoms with Crippen LogP contribution in [0.5, 0.6) is 5.88 Å². The molecule has 2 bridgehead atoms. The topological polar surface area (TPSA) is 95.6 Å². The molecule has 11 heteroatoms. The summed E-state index contributed by atoms with van der Waals surface area (Å²) in [5.74, 6) is 0.570. The lowest BCUT2D eigenvalue weighted by molar-refractivity contribution is 0.171. The van der Waals surface area contributed by atoms with Gasteiger partial charge in [0, 0.05) is 11.9 Å². The molecule has 1 N–H and O–H groups in total. The highest BCUT2D eigenvalue weighted by molar-refractivity contribution is 6.34. The van der Waals surface area contributed by atoms with Crippen molar-refractivity contribution >= 4 is 34.3 Å². The number of hydrogen-bond acceptors (Lipinski definition) is 7. The zero-order valence-electron chi connectivity index (χ0n) is 16.5. The standard InChI is InChI=1S/C19H18ClFN8O/c1-9-4-5-14(10(2)23-9)29-11(3)15-18(27-29)30-8-12(21)7-28-17-13(16(20)26-28)6-22-19(24-15)25-17/h4-6,12H,7-8H2,1-3H3,(H,22,24,25). The molecule has 1 aliphatic heterocycles. The molecule has 1 unspecified atom stereocenters. The Morgan fingerprint density at radius 2 is 2.03 bits per heavy atom. The molecule has 0 saturated heterocycles. The van der Waals surface area contributed by atoms with Crippen molar-refractivity contribution in [1.82, 2.24) is 34.5 Å². The van der Waals surface area contributed by atoms with Gasteiger partial charge in [0.15, 0.2) is 17.0 Å². The molecule has 0 aromatic carbocycles. The molecule has 5 rings (SSSR count). The SMILES string of the molecule is Cc1ccc(-n2nc3c(c2C)Nc2ncc4c(Cl)nn(c4n2)CC(F)CO3)c(C)n1. The Balaban J connectivity index is 1.66. The summed E-state index contributed by atoms with van der Waals surface area (Å²) < 4.78 is 23.5. The van der Waals surface area contributed by atoms with E-state index in [9.17, 15) is 4.39 Å². The maximum atomic E-state index is 14.7. The number of hydrogen-bond donors (Lipinski definition) is 1. The van der Waals surface area contributed by atoms with Crippen molar-refractivity contribution in [3.05, 3.63) is 40.6 Å². The highest BCUT2D eigenvalue weighted by atomic mass is 35.5. The van der Waals surface area contributed by atoms with Crippen LogP contribution in [0, 0.1) is 20.8 Å². The lowest BCUT2D eigenvalue weighted by Gasteiger charge is -2.09. The number of nitrogens with one attached hydrogen (secondary N) is 1. The number of anilines is 2. The fraction of sp³-hybridized carbons (Fsp3) is 0.316. The van der Waals surface area contributed by atoms with E-state index < -0.39 is 6.17 Å². The van der Waals surface area contributed by atoms with E-state index in [0.29, 0.717) is 22.7 Å². The second kappa shape index (κ2) is 6.91. The van der Waals surface area contributed by atoms with E-state index in [1.807, 2.05) is 32.9 Å². The monoisotopic (exact) mass is 428 g/mol. The van der Waals surface area contributed by atoms with E-state index in [4.69, 9.17) is 16.3 Å². The number of ether oxygens (including phenoxy) is 1. The molecule has 4 aromatic heterocycles. The molecular weight excluding hydrogens is 411 g/mol. The number of aryl methyl sites for hydroxylation is 2. The summed E-state index contributed by atoms with van der Waals surface area (Å²) in [7, 11) is 0. The van der Waals surface area contributed by atoms with E-state index in [-0.39, 0.29) is 24.2 Å². The van der Waals surface area contributed by atoms with E-state index in [1.54, 1.807) is 10.9 Å². The Morgan fingerprint density at radius 1 is 1.20 bits per heavy atom. The molecule has 4 aromatic rings. The van der Waals surface area contributed by atoms with E-state index in [2.05, 4.69) is 30.5 Å². The minimum absolute atomic E-state index is 0.0459. The minimum atomic E-state index is -1.33. The van der Waals surface area contributed by atoms with E-state index in [0.717, 1.165) is 22.8 Å². The third kappa shape index (κ3) is 3.04. The quantitative estimate of drug-likeness (QED) is 0.496. The average Bonchev–Trinajstić information content (AvgIpc) is 3.17. The molecule has 0 spiro atoms. The normalized spacial score (nSPS) is 16.1. The van der Waals surface area contributed by atoms with Gasteiger partial charge in [-0.2, -0.15) is 10.1 Å². The van der Waals surface area contributed by atoms with Gasteiger partial charge >= 0.3 is 0 Å². The van der Waals surface area contributed by atoms with Gasteiger partial charge in [-0.3, -0.25) is 4.98 Å². The van der Waals surface area contributed by atoms with Crippen molar-refractivity contribution in [3.8, 4) is 11.6 Å². The second-order valence-electron chi connectivity index (χ2n) is 7.17. The molecule has 1 atom stereocenters. The van der Waals surface area contributed by atoms with Gasteiger partial charge in [-0.25, -0.2) is 18.7 Å². The van der Waals surface area contributed by atoms with Crippen LogP contribution in [0.2, 0.25) is 5.15 Å². The number of aromatic nitrogens is 7. The number of fused-ring (bicyclic) bond motifs is 2. The van der Waals surface area contributed by atoms with Crippen molar-refractivity contribution in [3.63, 3.8) is 0 Å². The number of alkyl halides is 1. The Hall–Kier alpha value is -3.27. The molecule has 9 nitrogen and oxygen atoms in total. The van der Waals surface area contributed by atoms with Crippen LogP contribution in [0.4, 0.5) is 16.0 Å². The molecule has 5 heterocycles. The fourth-order valence-corrected chi connectivity index (χ4v) is 3.71. The van der Waals surface area contributed by atoms with E-state index in [1.165, 1.54) is 4.68 Å². The van der Waals surface area contributed by atoms with Crippen LogP contribution in [0.25, 0.3) is 16.7 Å². The zero-order valence-corrected chi connectivity index (χ0v) is 17.3. The summed E-state index contributed by atoms with van der Waals surface area (Å²) in [6.07, 6.45) is 0.234. The highest BCUT2D eigenvalue weighted by Gasteiger charge is 2.24. The van der Waals surface area contributed by atoms with Crippen LogP contribution < -0.4 is 10.1 Å². The molecule has 0 amide bonds. The summed E-state index contributed by atoms with van der Waals surface area (Å²) in [6.45, 7) is 5.48. The van der Waals surface area contributed by atoms with Gasteiger partial charge in [0.25, 0.3) is 5.88 Å². The summed E-state index contributed by atoms with van der Waals surface area (Å²) in [5, 5.41) is 12.7. The van der Waals surface area contributed by atoms with Crippen molar-refractivity contribution in [2.24, 2.45) is 0 Å². The second-order valence-corrected chi connectivity index (χ2v) is 7.53. The number of nitrogens with zero attached hydrogens (tertiary/aromatic N) is 7. The van der Waals surface area contributed by atoms with Crippen molar-refractivity contribution in [2.45, 2.75) is 33.5 Å². The molecule has 0 fully saturated rings. The minimum Gasteiger partial charge on any atom is -0.472 e. The van der Waals surface area contributed by atoms with Gasteiger partial charge in [-0.15, -0.1) is 5.10 Å². The van der Waals surface area contributed by atoms with Crippen LogP contribution in [-0.4, -0.2) is 47.3 Å². The Bertz CT molecular complexity index is 1280. The molecule has 154 valence electrons. The molecule has 0 radical (unpaired) electrons. The fourth-order valence-electron chi connectivity index (χ4n) is 3.49. The Kier molecular flexibility index (Phi) is 4.31. The Labute approximate surface area is 175 Å². The lowest BCUT2D eigenvalue weighted by Crippen LogP contribution is -2.20. The first kappa shape index (κ1) is 18.7. The van der Waals surface area contributed by atoms with Crippen LogP contribution in [0.3, 0.4) is 0 Å². The van der Waals surface area contributed by atoms with Gasteiger partial charge in [0.05, 0.1) is 29.0 Å². The third-order valence-electron chi connectivity index (χ3n) is 4.96. The van der Waals surface area contributed by atoms with Crippen LogP contribution in [0.1, 0.15) is 17.1 Å². The molecule has 0 aliphatic carbocycles. The van der Waals surface area contributed by atoms with Crippen LogP contribution >= 0.6 is 11.6 Å². The van der Waals surface area contributed by atoms with Gasteiger partial charge in [-0.05, 0) is 32.9 Å². The van der Waals surface area contributed by atoms with Crippen LogP contribution in [0.15, 0.2) is 18.3 Å². The molecular formula is C19H18ClFN8O. The largest absolute Gasteiger partial charge is 0.472 e. The summed E-state index contributed by atoms with van der Waals surface area (Å²) >= 11 is 6.15. The summed E-state index contributed by atoms with van der Waals surface area (Å²) in [6, 6.07) is 3.85. The summed E-state index contributed by atoms with van der Waals surface area (Å²) in [4.78, 5) is 13.3. The highest BCUT2D eigenvalue weighted by Crippen LogP contribution is 2.33. The molecule has 1 aliphatic rings. The summed E-state index contributed by atoms with van der Waals surface area (Å²) in [5.41, 5.74) is 4.30. The molecule has 0 saturated carbocycles. The maximum absolute atomic E-state index is 14.7. The third-order valence-corrected chi connectivity index (χ3v) is 5.24. The lowest BCUT2D eigenvalue weighted by atomic mass is 10.2. The molecule has 30 heavy (non-hydrogen) atoms. The smallest absolute Gasteiger partial charge is 0.257 e. The van der Waals surface area contributed by atoms with Gasteiger partial charge in [0.1, 0.15) is 12.3 Å². The zero-order chi connectivity index (χ0) is 21.0. The number of halogens is 2. The first-order valence-corrected chi connectivity index (χ1v) is 9.75. The van der Waals surface area contributed by atoms with Crippen molar-refractivity contribution < 1.29 is 9.13 Å². The number of pyridine rings is 1. The average molecular weight is 429 g/mol.